The summed E-state index contributed by atoms with van der Waals surface area (Å²) < 4.78 is 14.2. The summed E-state index contributed by atoms with van der Waals surface area (Å²) in [7, 11) is 0. The van der Waals surface area contributed by atoms with Crippen LogP contribution in [0.4, 0.5) is 10.1 Å². The third kappa shape index (κ3) is 2.70. The Hall–Kier alpha value is -1.42. The summed E-state index contributed by atoms with van der Waals surface area (Å²) in [5.74, 6) is -0.531. The fourth-order valence-corrected chi connectivity index (χ4v) is 2.22. The van der Waals surface area contributed by atoms with E-state index in [1.807, 2.05) is 24.3 Å². The van der Waals surface area contributed by atoms with Gasteiger partial charge in [-0.2, -0.15) is 0 Å². The molecule has 0 aliphatic carbocycles. The molecule has 1 aromatic rings. The number of para-hydroxylation sites is 1. The fourth-order valence-electron chi connectivity index (χ4n) is 2.22. The summed E-state index contributed by atoms with van der Waals surface area (Å²) in [4.78, 5) is 12.0. The van der Waals surface area contributed by atoms with Gasteiger partial charge in [-0.25, -0.2) is 4.39 Å². The van der Waals surface area contributed by atoms with Gasteiger partial charge < -0.3 is 10.6 Å². The average molecular weight is 250 g/mol. The number of aryl methyl sites for hydroxylation is 1. The van der Waals surface area contributed by atoms with Crippen molar-refractivity contribution >= 4 is 11.6 Å². The zero-order valence-electron chi connectivity index (χ0n) is 10.6. The van der Waals surface area contributed by atoms with Crippen molar-refractivity contribution in [1.82, 2.24) is 5.32 Å². The molecule has 2 N–H and O–H groups in total. The first-order valence-corrected chi connectivity index (χ1v) is 6.45. The third-order valence-corrected chi connectivity index (χ3v) is 3.30. The Bertz CT molecular complexity index is 428. The maximum Gasteiger partial charge on any atom is 0.263 e. The molecule has 1 atom stereocenters. The van der Waals surface area contributed by atoms with E-state index in [0.29, 0.717) is 6.54 Å². The van der Waals surface area contributed by atoms with Crippen LogP contribution in [-0.2, 0) is 11.2 Å². The van der Waals surface area contributed by atoms with Crippen molar-refractivity contribution in [3.05, 3.63) is 29.8 Å². The Morgan fingerprint density at radius 1 is 1.50 bits per heavy atom. The molecule has 3 nitrogen and oxygen atoms in total. The number of hydrogen-bond acceptors (Lipinski definition) is 2. The summed E-state index contributed by atoms with van der Waals surface area (Å²) in [6, 6.07) is 7.58. The summed E-state index contributed by atoms with van der Waals surface area (Å²) in [6.07, 6.45) is 2.12. The van der Waals surface area contributed by atoms with E-state index in [1.54, 1.807) is 0 Å². The maximum absolute atomic E-state index is 14.2. The van der Waals surface area contributed by atoms with Gasteiger partial charge in [0.25, 0.3) is 5.91 Å². The van der Waals surface area contributed by atoms with Crippen LogP contribution >= 0.6 is 0 Å². The number of anilines is 1. The van der Waals surface area contributed by atoms with Crippen molar-refractivity contribution in [2.75, 3.05) is 18.4 Å². The number of benzene rings is 1. The van der Waals surface area contributed by atoms with Gasteiger partial charge in [-0.3, -0.25) is 4.79 Å². The van der Waals surface area contributed by atoms with E-state index < -0.39 is 11.6 Å². The number of amides is 1. The van der Waals surface area contributed by atoms with Crippen LogP contribution < -0.4 is 10.6 Å². The minimum absolute atomic E-state index is 0.106. The van der Waals surface area contributed by atoms with E-state index in [4.69, 9.17) is 0 Å². The lowest BCUT2D eigenvalue weighted by Gasteiger charge is -2.19. The molecule has 0 unspecified atom stereocenters. The Kier molecular flexibility index (Phi) is 3.97. The smallest absolute Gasteiger partial charge is 0.263 e. The molecule has 0 bridgehead atoms. The lowest BCUT2D eigenvalue weighted by atomic mass is 10.0. The fraction of sp³-hybridized carbons (Fsp3) is 0.500. The molecule has 0 radical (unpaired) electrons. The summed E-state index contributed by atoms with van der Waals surface area (Å²) in [5, 5.41) is 5.61. The molecule has 98 valence electrons. The molecule has 1 saturated heterocycles. The Balaban J connectivity index is 2.11. The highest BCUT2D eigenvalue weighted by atomic mass is 19.1. The number of alkyl halides is 1. The van der Waals surface area contributed by atoms with Gasteiger partial charge in [0, 0.05) is 18.7 Å². The van der Waals surface area contributed by atoms with E-state index >= 15 is 0 Å². The lowest BCUT2D eigenvalue weighted by Crippen LogP contribution is -2.40. The van der Waals surface area contributed by atoms with E-state index in [2.05, 4.69) is 17.6 Å². The van der Waals surface area contributed by atoms with Crippen molar-refractivity contribution in [2.45, 2.75) is 31.9 Å². The Labute approximate surface area is 107 Å². The van der Waals surface area contributed by atoms with E-state index in [9.17, 15) is 9.18 Å². The monoisotopic (exact) mass is 250 g/mol. The van der Waals surface area contributed by atoms with Crippen molar-refractivity contribution < 1.29 is 9.18 Å². The summed E-state index contributed by atoms with van der Waals surface area (Å²) >= 11 is 0. The second kappa shape index (κ2) is 5.48. The third-order valence-electron chi connectivity index (χ3n) is 3.30. The second-order valence-corrected chi connectivity index (χ2v) is 4.75. The van der Waals surface area contributed by atoms with Gasteiger partial charge in [0.2, 0.25) is 5.67 Å². The molecule has 1 aromatic carbocycles. The zero-order valence-corrected chi connectivity index (χ0v) is 10.6. The molecule has 0 aromatic heterocycles. The molecule has 1 heterocycles. The molecule has 0 spiro atoms. The molecule has 4 heteroatoms. The first kappa shape index (κ1) is 13.0. The topological polar surface area (TPSA) is 41.1 Å². The van der Waals surface area contributed by atoms with E-state index in [0.717, 1.165) is 24.1 Å². The first-order chi connectivity index (χ1) is 8.65. The minimum Gasteiger partial charge on any atom is -0.323 e. The quantitative estimate of drug-likeness (QED) is 0.860. The van der Waals surface area contributed by atoms with Crippen LogP contribution in [0.25, 0.3) is 0 Å². The molecule has 1 fully saturated rings. The predicted octanol–water partition coefficient (Wildman–Crippen LogP) is 2.28. The number of nitrogens with one attached hydrogen (secondary N) is 2. The normalized spacial score (nSPS) is 23.0. The van der Waals surface area contributed by atoms with Crippen LogP contribution in [0.3, 0.4) is 0 Å². The van der Waals surface area contributed by atoms with Crippen molar-refractivity contribution in [2.24, 2.45) is 0 Å². The van der Waals surface area contributed by atoms with Crippen LogP contribution in [0, 0.1) is 0 Å². The van der Waals surface area contributed by atoms with Gasteiger partial charge in [0.15, 0.2) is 0 Å². The highest BCUT2D eigenvalue weighted by molar-refractivity contribution is 5.98. The molecule has 1 aliphatic rings. The van der Waals surface area contributed by atoms with Gasteiger partial charge in [-0.05, 0) is 24.6 Å². The molecule has 18 heavy (non-hydrogen) atoms. The molecule has 0 saturated carbocycles. The number of rotatable bonds is 4. The van der Waals surface area contributed by atoms with Gasteiger partial charge in [0.05, 0.1) is 0 Å². The van der Waals surface area contributed by atoms with Crippen molar-refractivity contribution in [3.63, 3.8) is 0 Å². The van der Waals surface area contributed by atoms with Crippen LogP contribution in [0.2, 0.25) is 0 Å². The van der Waals surface area contributed by atoms with Gasteiger partial charge >= 0.3 is 0 Å². The standard InChI is InChI=1S/C14H19FN2O/c1-2-5-11-6-3-4-7-12(11)17-13(18)14(15)8-9-16-10-14/h3-4,6-7,16H,2,5,8-10H2,1H3,(H,17,18)/t14-/m1/s1. The highest BCUT2D eigenvalue weighted by Gasteiger charge is 2.41. The molecule has 2 rings (SSSR count). The van der Waals surface area contributed by atoms with E-state index in [1.165, 1.54) is 0 Å². The largest absolute Gasteiger partial charge is 0.323 e. The first-order valence-electron chi connectivity index (χ1n) is 6.45. The van der Waals surface area contributed by atoms with E-state index in [-0.39, 0.29) is 13.0 Å². The molecular formula is C14H19FN2O. The number of carbonyl (C=O) groups excluding carboxylic acids is 1. The van der Waals surface area contributed by atoms with Crippen LogP contribution in [0.1, 0.15) is 25.3 Å². The van der Waals surface area contributed by atoms with Gasteiger partial charge in [-0.15, -0.1) is 0 Å². The number of carbonyl (C=O) groups is 1. The van der Waals surface area contributed by atoms with Crippen LogP contribution in [0.5, 0.6) is 0 Å². The summed E-state index contributed by atoms with van der Waals surface area (Å²) in [6.45, 7) is 2.74. The highest BCUT2D eigenvalue weighted by Crippen LogP contribution is 2.24. The van der Waals surface area contributed by atoms with Crippen LogP contribution in [0.15, 0.2) is 24.3 Å². The van der Waals surface area contributed by atoms with Crippen LogP contribution in [-0.4, -0.2) is 24.7 Å². The van der Waals surface area contributed by atoms with Gasteiger partial charge in [-0.1, -0.05) is 31.5 Å². The van der Waals surface area contributed by atoms with Crippen molar-refractivity contribution in [1.29, 1.82) is 0 Å². The predicted molar refractivity (Wildman–Crippen MR) is 70.4 cm³/mol. The Morgan fingerprint density at radius 2 is 2.28 bits per heavy atom. The average Bonchev–Trinajstić information content (AvgIpc) is 2.80. The maximum atomic E-state index is 14.2. The van der Waals surface area contributed by atoms with Crippen molar-refractivity contribution in [3.8, 4) is 0 Å². The molecular weight excluding hydrogens is 231 g/mol. The number of halogens is 1. The summed E-state index contributed by atoms with van der Waals surface area (Å²) in [5.41, 5.74) is 0.0236. The second-order valence-electron chi connectivity index (χ2n) is 4.75. The molecule has 1 aliphatic heterocycles. The molecule has 1 amide bonds. The SMILES string of the molecule is CCCc1ccccc1NC(=O)[C@@]1(F)CCNC1. The number of hydrogen-bond donors (Lipinski definition) is 2. The Morgan fingerprint density at radius 3 is 2.94 bits per heavy atom. The lowest BCUT2D eigenvalue weighted by molar-refractivity contribution is -0.126. The minimum atomic E-state index is -1.76. The zero-order chi connectivity index (χ0) is 13.0. The van der Waals surface area contributed by atoms with Gasteiger partial charge in [0.1, 0.15) is 0 Å².